The molecule has 0 saturated heterocycles. The van der Waals surface area contributed by atoms with Crippen LogP contribution in [0.15, 0.2) is 42.5 Å². The molecule has 0 radical (unpaired) electrons. The van der Waals surface area contributed by atoms with Crippen molar-refractivity contribution >= 4 is 0 Å². The molecule has 0 saturated carbocycles. The molecule has 130 valence electrons. The summed E-state index contributed by atoms with van der Waals surface area (Å²) in [5.41, 5.74) is 2.37. The first-order valence-corrected chi connectivity index (χ1v) is 8.19. The van der Waals surface area contributed by atoms with E-state index < -0.39 is 0 Å². The van der Waals surface area contributed by atoms with Crippen LogP contribution >= 0.6 is 0 Å². The Morgan fingerprint density at radius 1 is 0.958 bits per heavy atom. The molecule has 0 aliphatic rings. The van der Waals surface area contributed by atoms with Crippen LogP contribution in [0.3, 0.4) is 0 Å². The smallest absolute Gasteiger partial charge is 0.160 e. The van der Waals surface area contributed by atoms with Gasteiger partial charge in [0.2, 0.25) is 0 Å². The SMILES string of the molecule is COc1ccc(CCN(C)[C@H](C)Cc2ccc(F)cc2)cc1OC. The normalized spacial score (nSPS) is 12.2. The maximum Gasteiger partial charge on any atom is 0.160 e. The number of hydrogen-bond acceptors (Lipinski definition) is 3. The maximum atomic E-state index is 13.0. The molecule has 0 bridgehead atoms. The van der Waals surface area contributed by atoms with Gasteiger partial charge in [0, 0.05) is 12.6 Å². The highest BCUT2D eigenvalue weighted by atomic mass is 19.1. The summed E-state index contributed by atoms with van der Waals surface area (Å²) >= 11 is 0. The van der Waals surface area contributed by atoms with Crippen LogP contribution in [0.25, 0.3) is 0 Å². The molecule has 2 aromatic rings. The van der Waals surface area contributed by atoms with Gasteiger partial charge in [-0.05, 0) is 62.2 Å². The monoisotopic (exact) mass is 331 g/mol. The number of benzene rings is 2. The van der Waals surface area contributed by atoms with E-state index in [9.17, 15) is 4.39 Å². The van der Waals surface area contributed by atoms with E-state index in [-0.39, 0.29) is 5.82 Å². The number of hydrogen-bond donors (Lipinski definition) is 0. The summed E-state index contributed by atoms with van der Waals surface area (Å²) in [5.74, 6) is 1.32. The predicted octanol–water partition coefficient (Wildman–Crippen LogP) is 3.95. The Bertz CT molecular complexity index is 643. The lowest BCUT2D eigenvalue weighted by Crippen LogP contribution is -2.32. The number of halogens is 1. The molecule has 0 unspecified atom stereocenters. The van der Waals surface area contributed by atoms with Crippen LogP contribution in [0.1, 0.15) is 18.1 Å². The van der Waals surface area contributed by atoms with Crippen molar-refractivity contribution in [2.75, 3.05) is 27.8 Å². The van der Waals surface area contributed by atoms with Gasteiger partial charge in [-0.1, -0.05) is 18.2 Å². The van der Waals surface area contributed by atoms with Crippen molar-refractivity contribution in [2.45, 2.75) is 25.8 Å². The molecule has 0 fully saturated rings. The van der Waals surface area contributed by atoms with Gasteiger partial charge in [0.1, 0.15) is 5.82 Å². The van der Waals surface area contributed by atoms with Crippen LogP contribution in [0.4, 0.5) is 4.39 Å². The van der Waals surface area contributed by atoms with Gasteiger partial charge in [0.15, 0.2) is 11.5 Å². The number of likely N-dealkylation sites (N-methyl/N-ethyl adjacent to an activating group) is 1. The Morgan fingerprint density at radius 3 is 2.21 bits per heavy atom. The summed E-state index contributed by atoms with van der Waals surface area (Å²) in [5, 5.41) is 0. The number of rotatable bonds is 8. The fraction of sp³-hybridized carbons (Fsp3) is 0.400. The average Bonchev–Trinajstić information content (AvgIpc) is 2.61. The van der Waals surface area contributed by atoms with Crippen LogP contribution in [-0.4, -0.2) is 38.8 Å². The standard InChI is InChI=1S/C20H26FNO2/c1-15(13-16-5-8-18(21)9-6-16)22(2)12-11-17-7-10-19(23-3)20(14-17)24-4/h5-10,14-15H,11-13H2,1-4H3/t15-/m1/s1. The summed E-state index contributed by atoms with van der Waals surface area (Å²) in [4.78, 5) is 2.32. The number of nitrogens with zero attached hydrogens (tertiary/aromatic N) is 1. The Hall–Kier alpha value is -2.07. The molecule has 2 aromatic carbocycles. The van der Waals surface area contributed by atoms with Crippen molar-refractivity contribution < 1.29 is 13.9 Å². The van der Waals surface area contributed by atoms with E-state index in [0.29, 0.717) is 6.04 Å². The van der Waals surface area contributed by atoms with E-state index in [1.807, 2.05) is 24.3 Å². The van der Waals surface area contributed by atoms with Crippen molar-refractivity contribution in [3.8, 4) is 11.5 Å². The lowest BCUT2D eigenvalue weighted by molar-refractivity contribution is 0.259. The van der Waals surface area contributed by atoms with E-state index in [4.69, 9.17) is 9.47 Å². The van der Waals surface area contributed by atoms with Crippen LogP contribution < -0.4 is 9.47 Å². The first-order chi connectivity index (χ1) is 11.5. The summed E-state index contributed by atoms with van der Waals surface area (Å²) < 4.78 is 23.6. The summed E-state index contributed by atoms with van der Waals surface area (Å²) in [6, 6.07) is 13.2. The first-order valence-electron chi connectivity index (χ1n) is 8.19. The molecular formula is C20H26FNO2. The molecule has 24 heavy (non-hydrogen) atoms. The van der Waals surface area contributed by atoms with E-state index in [0.717, 1.165) is 36.4 Å². The zero-order chi connectivity index (χ0) is 17.5. The van der Waals surface area contributed by atoms with Crippen molar-refractivity contribution in [2.24, 2.45) is 0 Å². The molecule has 0 aromatic heterocycles. The second-order valence-corrected chi connectivity index (χ2v) is 6.10. The molecule has 0 heterocycles. The van der Waals surface area contributed by atoms with E-state index in [1.54, 1.807) is 14.2 Å². The Balaban J connectivity index is 1.89. The largest absolute Gasteiger partial charge is 0.493 e. The second-order valence-electron chi connectivity index (χ2n) is 6.10. The van der Waals surface area contributed by atoms with E-state index >= 15 is 0 Å². The third kappa shape index (κ3) is 4.96. The topological polar surface area (TPSA) is 21.7 Å². The molecule has 0 aliphatic heterocycles. The minimum absolute atomic E-state index is 0.187. The lowest BCUT2D eigenvalue weighted by Gasteiger charge is -2.25. The van der Waals surface area contributed by atoms with Crippen molar-refractivity contribution in [1.82, 2.24) is 4.90 Å². The van der Waals surface area contributed by atoms with Crippen LogP contribution in [0.2, 0.25) is 0 Å². The van der Waals surface area contributed by atoms with Crippen LogP contribution in [-0.2, 0) is 12.8 Å². The average molecular weight is 331 g/mol. The van der Waals surface area contributed by atoms with E-state index in [2.05, 4.69) is 24.9 Å². The molecule has 0 spiro atoms. The predicted molar refractivity (Wildman–Crippen MR) is 95.4 cm³/mol. The number of methoxy groups -OCH3 is 2. The molecule has 1 atom stereocenters. The zero-order valence-corrected chi connectivity index (χ0v) is 14.9. The van der Waals surface area contributed by atoms with Gasteiger partial charge in [-0.25, -0.2) is 4.39 Å². The van der Waals surface area contributed by atoms with Crippen molar-refractivity contribution in [1.29, 1.82) is 0 Å². The fourth-order valence-corrected chi connectivity index (χ4v) is 2.68. The third-order valence-electron chi connectivity index (χ3n) is 4.40. The minimum atomic E-state index is -0.187. The maximum absolute atomic E-state index is 13.0. The summed E-state index contributed by atoms with van der Waals surface area (Å²) in [6.45, 7) is 3.13. The van der Waals surface area contributed by atoms with Gasteiger partial charge in [0.05, 0.1) is 14.2 Å². The molecule has 0 aliphatic carbocycles. The Labute approximate surface area is 144 Å². The fourth-order valence-electron chi connectivity index (χ4n) is 2.68. The van der Waals surface area contributed by atoms with Gasteiger partial charge >= 0.3 is 0 Å². The van der Waals surface area contributed by atoms with Gasteiger partial charge < -0.3 is 14.4 Å². The first kappa shape index (κ1) is 18.3. The van der Waals surface area contributed by atoms with Gasteiger partial charge in [-0.15, -0.1) is 0 Å². The van der Waals surface area contributed by atoms with Crippen molar-refractivity contribution in [3.05, 3.63) is 59.4 Å². The molecular weight excluding hydrogens is 305 g/mol. The highest BCUT2D eigenvalue weighted by Crippen LogP contribution is 2.27. The molecule has 2 rings (SSSR count). The molecule has 3 nitrogen and oxygen atoms in total. The quantitative estimate of drug-likeness (QED) is 0.731. The zero-order valence-electron chi connectivity index (χ0n) is 14.9. The summed E-state index contributed by atoms with van der Waals surface area (Å²) in [6.07, 6.45) is 1.84. The van der Waals surface area contributed by atoms with E-state index in [1.165, 1.54) is 17.7 Å². The lowest BCUT2D eigenvalue weighted by atomic mass is 10.1. The highest BCUT2D eigenvalue weighted by Gasteiger charge is 2.11. The third-order valence-corrected chi connectivity index (χ3v) is 4.40. The molecule has 4 heteroatoms. The molecule has 0 N–H and O–H groups in total. The van der Waals surface area contributed by atoms with Gasteiger partial charge in [0.25, 0.3) is 0 Å². The second kappa shape index (κ2) is 8.69. The van der Waals surface area contributed by atoms with Crippen LogP contribution in [0, 0.1) is 5.82 Å². The van der Waals surface area contributed by atoms with Gasteiger partial charge in [-0.3, -0.25) is 0 Å². The Morgan fingerprint density at radius 2 is 1.58 bits per heavy atom. The van der Waals surface area contributed by atoms with Crippen LogP contribution in [0.5, 0.6) is 11.5 Å². The molecule has 0 amide bonds. The van der Waals surface area contributed by atoms with Gasteiger partial charge in [-0.2, -0.15) is 0 Å². The highest BCUT2D eigenvalue weighted by molar-refractivity contribution is 5.42. The Kier molecular flexibility index (Phi) is 6.62. The van der Waals surface area contributed by atoms with Crippen molar-refractivity contribution in [3.63, 3.8) is 0 Å². The number of ether oxygens (including phenoxy) is 2. The minimum Gasteiger partial charge on any atom is -0.493 e. The summed E-state index contributed by atoms with van der Waals surface area (Å²) in [7, 11) is 5.41.